The van der Waals surface area contributed by atoms with Gasteiger partial charge in [-0.2, -0.15) is 0 Å². The first-order valence-corrected chi connectivity index (χ1v) is 9.10. The fraction of sp³-hybridized carbons (Fsp3) is 0.650. The number of carbonyl (C=O) groups is 1. The minimum Gasteiger partial charge on any atom is -0.481 e. The van der Waals surface area contributed by atoms with Crippen molar-refractivity contribution < 1.29 is 20.1 Å². The van der Waals surface area contributed by atoms with Crippen LogP contribution in [0.15, 0.2) is 36.5 Å². The molecule has 0 fully saturated rings. The minimum atomic E-state index is -0.742. The van der Waals surface area contributed by atoms with Gasteiger partial charge in [0.05, 0.1) is 12.2 Å². The summed E-state index contributed by atoms with van der Waals surface area (Å²) in [6.45, 7) is 2.12. The van der Waals surface area contributed by atoms with E-state index in [-0.39, 0.29) is 6.42 Å². The summed E-state index contributed by atoms with van der Waals surface area (Å²) in [5, 5.41) is 28.1. The van der Waals surface area contributed by atoms with Crippen LogP contribution in [0.3, 0.4) is 0 Å². The van der Waals surface area contributed by atoms with Crippen molar-refractivity contribution in [1.29, 1.82) is 0 Å². The van der Waals surface area contributed by atoms with Gasteiger partial charge in [-0.3, -0.25) is 4.79 Å². The van der Waals surface area contributed by atoms with Gasteiger partial charge in [0.25, 0.3) is 0 Å². The largest absolute Gasteiger partial charge is 0.481 e. The second-order valence-electron chi connectivity index (χ2n) is 6.04. The van der Waals surface area contributed by atoms with E-state index in [2.05, 4.69) is 19.1 Å². The van der Waals surface area contributed by atoms with Crippen molar-refractivity contribution in [3.05, 3.63) is 36.5 Å². The number of aliphatic hydroxyl groups is 2. The Morgan fingerprint density at radius 2 is 1.50 bits per heavy atom. The Hall–Kier alpha value is -1.39. The SMILES string of the molecule is CCCCC[C@H](O)[C@H](O)C/C=C\C/C=C\C/C=C\CCCC(=O)O. The van der Waals surface area contributed by atoms with Crippen molar-refractivity contribution in [2.75, 3.05) is 0 Å². The van der Waals surface area contributed by atoms with Crippen LogP contribution in [0.2, 0.25) is 0 Å². The Morgan fingerprint density at radius 1 is 0.875 bits per heavy atom. The molecule has 0 amide bonds. The molecule has 0 aromatic heterocycles. The van der Waals surface area contributed by atoms with Crippen LogP contribution >= 0.6 is 0 Å². The molecule has 0 heterocycles. The molecule has 4 nitrogen and oxygen atoms in total. The average molecular weight is 338 g/mol. The fourth-order valence-corrected chi connectivity index (χ4v) is 2.22. The molecular weight excluding hydrogens is 304 g/mol. The van der Waals surface area contributed by atoms with Crippen LogP contribution in [0.25, 0.3) is 0 Å². The molecule has 4 heteroatoms. The van der Waals surface area contributed by atoms with Gasteiger partial charge in [0.2, 0.25) is 0 Å². The van der Waals surface area contributed by atoms with Gasteiger partial charge in [-0.25, -0.2) is 0 Å². The van der Waals surface area contributed by atoms with Crippen LogP contribution in [-0.4, -0.2) is 33.5 Å². The van der Waals surface area contributed by atoms with Crippen LogP contribution in [0.5, 0.6) is 0 Å². The third kappa shape index (κ3) is 15.5. The number of allylic oxidation sites excluding steroid dienone is 5. The van der Waals surface area contributed by atoms with Crippen molar-refractivity contribution in [2.45, 2.75) is 83.3 Å². The summed E-state index contributed by atoms with van der Waals surface area (Å²) in [5.41, 5.74) is 0. The van der Waals surface area contributed by atoms with Crippen molar-refractivity contribution in [3.63, 3.8) is 0 Å². The van der Waals surface area contributed by atoms with E-state index in [9.17, 15) is 15.0 Å². The number of unbranched alkanes of at least 4 members (excludes halogenated alkanes) is 3. The molecule has 0 spiro atoms. The highest BCUT2D eigenvalue weighted by Gasteiger charge is 2.13. The maximum Gasteiger partial charge on any atom is 0.303 e. The van der Waals surface area contributed by atoms with Crippen molar-refractivity contribution in [2.24, 2.45) is 0 Å². The highest BCUT2D eigenvalue weighted by molar-refractivity contribution is 5.66. The predicted octanol–water partition coefficient (Wildman–Crippen LogP) is 4.38. The number of carboxylic acid groups (broad SMARTS) is 1. The molecule has 2 atom stereocenters. The van der Waals surface area contributed by atoms with Crippen LogP contribution in [-0.2, 0) is 4.79 Å². The normalized spacial score (nSPS) is 14.8. The third-order valence-electron chi connectivity index (χ3n) is 3.73. The minimum absolute atomic E-state index is 0.226. The Morgan fingerprint density at radius 3 is 2.12 bits per heavy atom. The molecule has 0 saturated heterocycles. The standard InChI is InChI=1S/C20H34O4/c1-2-3-12-15-18(21)19(22)16-13-10-8-6-4-5-7-9-11-14-17-20(23)24/h4,6-7,9-10,13,18-19,21-22H,2-3,5,8,11-12,14-17H2,1H3,(H,23,24)/b6-4-,9-7-,13-10-/t18-,19+/m0/s1. The molecule has 0 aromatic carbocycles. The zero-order valence-electron chi connectivity index (χ0n) is 14.9. The Kier molecular flexibility index (Phi) is 15.5. The van der Waals surface area contributed by atoms with Crippen LogP contribution in [0.1, 0.15) is 71.1 Å². The molecular formula is C20H34O4. The smallest absolute Gasteiger partial charge is 0.303 e. The first-order chi connectivity index (χ1) is 11.6. The lowest BCUT2D eigenvalue weighted by molar-refractivity contribution is -0.137. The molecule has 0 unspecified atom stereocenters. The van der Waals surface area contributed by atoms with Crippen molar-refractivity contribution in [3.8, 4) is 0 Å². The van der Waals surface area contributed by atoms with Gasteiger partial charge in [0.15, 0.2) is 0 Å². The summed E-state index contributed by atoms with van der Waals surface area (Å²) in [5.74, 6) is -0.742. The summed E-state index contributed by atoms with van der Waals surface area (Å²) in [4.78, 5) is 10.3. The molecule has 0 bridgehead atoms. The highest BCUT2D eigenvalue weighted by atomic mass is 16.4. The second-order valence-corrected chi connectivity index (χ2v) is 6.04. The van der Waals surface area contributed by atoms with Gasteiger partial charge in [-0.05, 0) is 38.5 Å². The first-order valence-electron chi connectivity index (χ1n) is 9.10. The molecule has 0 rings (SSSR count). The maximum atomic E-state index is 10.3. The maximum absolute atomic E-state index is 10.3. The van der Waals surface area contributed by atoms with Gasteiger partial charge >= 0.3 is 5.97 Å². The Balaban J connectivity index is 3.62. The highest BCUT2D eigenvalue weighted by Crippen LogP contribution is 2.10. The molecule has 0 saturated carbocycles. The van der Waals surface area contributed by atoms with E-state index in [4.69, 9.17) is 5.11 Å². The van der Waals surface area contributed by atoms with E-state index in [0.717, 1.165) is 38.5 Å². The summed E-state index contributed by atoms with van der Waals surface area (Å²) < 4.78 is 0. The Bertz CT molecular complexity index is 385. The quantitative estimate of drug-likeness (QED) is 0.306. The number of aliphatic carboxylic acids is 1. The third-order valence-corrected chi connectivity index (χ3v) is 3.73. The van der Waals surface area contributed by atoms with E-state index in [0.29, 0.717) is 19.3 Å². The van der Waals surface area contributed by atoms with E-state index >= 15 is 0 Å². The number of hydrogen-bond acceptors (Lipinski definition) is 3. The number of aliphatic hydroxyl groups excluding tert-OH is 2. The number of rotatable bonds is 15. The molecule has 0 aromatic rings. The predicted molar refractivity (Wildman–Crippen MR) is 98.9 cm³/mol. The molecule has 24 heavy (non-hydrogen) atoms. The first kappa shape index (κ1) is 22.6. The fourth-order valence-electron chi connectivity index (χ4n) is 2.22. The van der Waals surface area contributed by atoms with Crippen molar-refractivity contribution >= 4 is 5.97 Å². The van der Waals surface area contributed by atoms with Gasteiger partial charge in [-0.1, -0.05) is 62.6 Å². The Labute approximate surface area is 146 Å². The van der Waals surface area contributed by atoms with Crippen LogP contribution in [0.4, 0.5) is 0 Å². The van der Waals surface area contributed by atoms with Gasteiger partial charge in [0.1, 0.15) is 0 Å². The van der Waals surface area contributed by atoms with Gasteiger partial charge in [-0.15, -0.1) is 0 Å². The van der Waals surface area contributed by atoms with E-state index < -0.39 is 18.2 Å². The molecule has 3 N–H and O–H groups in total. The summed E-state index contributed by atoms with van der Waals surface area (Å²) in [6.07, 6.45) is 18.5. The molecule has 0 radical (unpaired) electrons. The molecule has 0 aliphatic rings. The summed E-state index contributed by atoms with van der Waals surface area (Å²) >= 11 is 0. The summed E-state index contributed by atoms with van der Waals surface area (Å²) in [6, 6.07) is 0. The van der Waals surface area contributed by atoms with E-state index in [1.165, 1.54) is 0 Å². The lowest BCUT2D eigenvalue weighted by atomic mass is 10.0. The summed E-state index contributed by atoms with van der Waals surface area (Å²) in [7, 11) is 0. The molecule has 138 valence electrons. The average Bonchev–Trinajstić information content (AvgIpc) is 2.55. The zero-order chi connectivity index (χ0) is 18.0. The lowest BCUT2D eigenvalue weighted by Gasteiger charge is -2.15. The van der Waals surface area contributed by atoms with Crippen LogP contribution in [0, 0.1) is 0 Å². The topological polar surface area (TPSA) is 77.8 Å². The molecule has 0 aliphatic heterocycles. The lowest BCUT2D eigenvalue weighted by Crippen LogP contribution is -2.25. The monoisotopic (exact) mass is 338 g/mol. The molecule has 0 aliphatic carbocycles. The van der Waals surface area contributed by atoms with Crippen LogP contribution < -0.4 is 0 Å². The van der Waals surface area contributed by atoms with E-state index in [1.807, 2.05) is 24.3 Å². The van der Waals surface area contributed by atoms with Crippen molar-refractivity contribution in [1.82, 2.24) is 0 Å². The van der Waals surface area contributed by atoms with E-state index in [1.54, 1.807) is 0 Å². The van der Waals surface area contributed by atoms with Gasteiger partial charge in [0, 0.05) is 6.42 Å². The van der Waals surface area contributed by atoms with Gasteiger partial charge < -0.3 is 15.3 Å². The number of carboxylic acids is 1. The number of hydrogen-bond donors (Lipinski definition) is 3. The second kappa shape index (κ2) is 16.5. The zero-order valence-corrected chi connectivity index (χ0v) is 14.9.